The number of hydrogen-bond donors (Lipinski definition) is 0. The summed E-state index contributed by atoms with van der Waals surface area (Å²) in [5, 5.41) is 8.75. The van der Waals surface area contributed by atoms with Crippen molar-refractivity contribution in [2.45, 2.75) is 126 Å². The molecule has 0 radical (unpaired) electrons. The molecule has 0 saturated heterocycles. The van der Waals surface area contributed by atoms with Crippen LogP contribution in [-0.2, 0) is 17.7 Å². The molecule has 0 spiro atoms. The Kier molecular flexibility index (Phi) is 12.6. The van der Waals surface area contributed by atoms with E-state index in [0.717, 1.165) is 50.4 Å². The van der Waals surface area contributed by atoms with Crippen LogP contribution < -0.4 is 0 Å². The third-order valence-electron chi connectivity index (χ3n) is 5.93. The highest BCUT2D eigenvalue weighted by Crippen LogP contribution is 2.28. The van der Waals surface area contributed by atoms with Gasteiger partial charge in [0.25, 0.3) is 0 Å². The van der Waals surface area contributed by atoms with Crippen molar-refractivity contribution in [3.05, 3.63) is 35.2 Å². The molecular formula is C29H53N3O. The van der Waals surface area contributed by atoms with Crippen molar-refractivity contribution in [1.29, 1.82) is 0 Å². The maximum absolute atomic E-state index is 6.31. The van der Waals surface area contributed by atoms with E-state index in [-0.39, 0.29) is 11.0 Å². The van der Waals surface area contributed by atoms with Crippen LogP contribution >= 0.6 is 0 Å². The molecule has 1 aromatic heterocycles. The van der Waals surface area contributed by atoms with Crippen LogP contribution in [0, 0.1) is 17.3 Å². The minimum absolute atomic E-state index is 0.192. The molecular weight excluding hydrogens is 406 g/mol. The second-order valence-electron chi connectivity index (χ2n) is 12.3. The molecule has 0 atom stereocenters. The quantitative estimate of drug-likeness (QED) is 0.234. The number of aryl methyl sites for hydroxylation is 1. The second kappa shape index (κ2) is 14.1. The summed E-state index contributed by atoms with van der Waals surface area (Å²) in [6, 6.07) is 0. The average molecular weight is 460 g/mol. The Morgan fingerprint density at radius 2 is 1.67 bits per heavy atom. The molecule has 0 N–H and O–H groups in total. The topological polar surface area (TPSA) is 39.9 Å². The molecule has 1 aromatic rings. The smallest absolute Gasteiger partial charge is 0.0855 e. The van der Waals surface area contributed by atoms with E-state index in [9.17, 15) is 0 Å². The lowest BCUT2D eigenvalue weighted by atomic mass is 9.84. The summed E-state index contributed by atoms with van der Waals surface area (Å²) in [4.78, 5) is 0. The number of rotatable bonds is 16. The van der Waals surface area contributed by atoms with Crippen molar-refractivity contribution in [3.63, 3.8) is 0 Å². The standard InChI is InChI=1S/C29H53N3O/c1-23(2)16-17-26(6)14-11-13-25(5)15-12-18-32-21-27(30-31-32)20-29(9,10)33-22-28(7,8)19-24(3)4/h13,17,21,23-24H,11-12,14-16,18-20,22H2,1-10H3/b25-13+,26-17+. The van der Waals surface area contributed by atoms with Crippen molar-refractivity contribution in [3.8, 4) is 0 Å². The molecule has 1 rings (SSSR count). The van der Waals surface area contributed by atoms with Crippen LogP contribution in [0.3, 0.4) is 0 Å². The largest absolute Gasteiger partial charge is 0.375 e. The summed E-state index contributed by atoms with van der Waals surface area (Å²) >= 11 is 0. The van der Waals surface area contributed by atoms with E-state index in [1.165, 1.54) is 30.4 Å². The Labute approximate surface area is 205 Å². The van der Waals surface area contributed by atoms with E-state index in [1.807, 2.05) is 4.68 Å². The molecule has 0 bridgehead atoms. The fourth-order valence-corrected chi connectivity index (χ4v) is 4.28. The predicted octanol–water partition coefficient (Wildman–Crippen LogP) is 8.19. The minimum atomic E-state index is -0.240. The van der Waals surface area contributed by atoms with Gasteiger partial charge < -0.3 is 4.74 Å². The molecule has 0 amide bonds. The summed E-state index contributed by atoms with van der Waals surface area (Å²) in [5.74, 6) is 1.43. The van der Waals surface area contributed by atoms with Gasteiger partial charge in [0.05, 0.1) is 17.9 Å². The van der Waals surface area contributed by atoms with Crippen molar-refractivity contribution in [1.82, 2.24) is 15.0 Å². The molecule has 0 fully saturated rings. The lowest BCUT2D eigenvalue weighted by Gasteiger charge is -2.32. The van der Waals surface area contributed by atoms with Crippen LogP contribution in [0.2, 0.25) is 0 Å². The van der Waals surface area contributed by atoms with Gasteiger partial charge in [0.2, 0.25) is 0 Å². The molecule has 0 aliphatic rings. The highest BCUT2D eigenvalue weighted by molar-refractivity contribution is 5.04. The monoisotopic (exact) mass is 459 g/mol. The van der Waals surface area contributed by atoms with Gasteiger partial charge in [-0.05, 0) is 83.5 Å². The molecule has 4 heteroatoms. The molecule has 0 aromatic carbocycles. The van der Waals surface area contributed by atoms with E-state index >= 15 is 0 Å². The van der Waals surface area contributed by atoms with Gasteiger partial charge >= 0.3 is 0 Å². The molecule has 190 valence electrons. The van der Waals surface area contributed by atoms with Crippen LogP contribution in [0.1, 0.15) is 113 Å². The van der Waals surface area contributed by atoms with E-state index in [2.05, 4.69) is 97.9 Å². The van der Waals surface area contributed by atoms with Crippen molar-refractivity contribution < 1.29 is 4.74 Å². The predicted molar refractivity (Wildman–Crippen MR) is 142 cm³/mol. The summed E-state index contributed by atoms with van der Waals surface area (Å²) in [6.45, 7) is 24.2. The van der Waals surface area contributed by atoms with Gasteiger partial charge in [0, 0.05) is 19.2 Å². The van der Waals surface area contributed by atoms with E-state index in [0.29, 0.717) is 5.92 Å². The molecule has 4 nitrogen and oxygen atoms in total. The highest BCUT2D eigenvalue weighted by Gasteiger charge is 2.26. The fraction of sp³-hybridized carbons (Fsp3) is 0.793. The van der Waals surface area contributed by atoms with Crippen LogP contribution in [0.5, 0.6) is 0 Å². The Morgan fingerprint density at radius 1 is 1.00 bits per heavy atom. The first-order chi connectivity index (χ1) is 15.3. The SMILES string of the molecule is C/C(=C\CC(C)C)CC/C=C(\C)CCCn1cc(CC(C)(C)OCC(C)(C)CC(C)C)nn1. The minimum Gasteiger partial charge on any atom is -0.375 e. The fourth-order valence-electron chi connectivity index (χ4n) is 4.28. The molecule has 33 heavy (non-hydrogen) atoms. The normalized spacial score (nSPS) is 14.1. The number of ether oxygens (including phenoxy) is 1. The number of allylic oxidation sites excluding steroid dienone is 4. The number of hydrogen-bond acceptors (Lipinski definition) is 3. The van der Waals surface area contributed by atoms with Gasteiger partial charge in [0.1, 0.15) is 0 Å². The molecule has 1 heterocycles. The first-order valence-corrected chi connectivity index (χ1v) is 13.1. The van der Waals surface area contributed by atoms with Crippen LogP contribution in [0.25, 0.3) is 0 Å². The van der Waals surface area contributed by atoms with Crippen LogP contribution in [0.15, 0.2) is 29.5 Å². The van der Waals surface area contributed by atoms with Gasteiger partial charge in [-0.25, -0.2) is 0 Å². The molecule has 0 aliphatic heterocycles. The third kappa shape index (κ3) is 14.4. The van der Waals surface area contributed by atoms with E-state index in [4.69, 9.17) is 4.74 Å². The van der Waals surface area contributed by atoms with Gasteiger partial charge in [-0.3, -0.25) is 4.68 Å². The van der Waals surface area contributed by atoms with Gasteiger partial charge in [-0.1, -0.05) is 70.1 Å². The lowest BCUT2D eigenvalue weighted by molar-refractivity contribution is -0.0589. The van der Waals surface area contributed by atoms with Gasteiger partial charge in [-0.2, -0.15) is 0 Å². The highest BCUT2D eigenvalue weighted by atomic mass is 16.5. The van der Waals surface area contributed by atoms with E-state index < -0.39 is 0 Å². The lowest BCUT2D eigenvalue weighted by Crippen LogP contribution is -2.33. The molecule has 0 aliphatic carbocycles. The maximum Gasteiger partial charge on any atom is 0.0855 e. The Balaban J connectivity index is 2.39. The average Bonchev–Trinajstić information content (AvgIpc) is 3.10. The van der Waals surface area contributed by atoms with Gasteiger partial charge in [0.15, 0.2) is 0 Å². The van der Waals surface area contributed by atoms with Crippen molar-refractivity contribution in [2.24, 2.45) is 17.3 Å². The van der Waals surface area contributed by atoms with Crippen molar-refractivity contribution in [2.75, 3.05) is 6.61 Å². The second-order valence-corrected chi connectivity index (χ2v) is 12.3. The number of nitrogens with zero attached hydrogens (tertiary/aromatic N) is 3. The maximum atomic E-state index is 6.31. The first-order valence-electron chi connectivity index (χ1n) is 13.1. The zero-order chi connectivity index (χ0) is 25.1. The molecule has 0 saturated carbocycles. The van der Waals surface area contributed by atoms with Crippen molar-refractivity contribution >= 4 is 0 Å². The van der Waals surface area contributed by atoms with Gasteiger partial charge in [-0.15, -0.1) is 5.10 Å². The Morgan fingerprint density at radius 3 is 2.30 bits per heavy atom. The van der Waals surface area contributed by atoms with E-state index in [1.54, 1.807) is 0 Å². The first kappa shape index (κ1) is 29.6. The molecule has 0 unspecified atom stereocenters. The summed E-state index contributed by atoms with van der Waals surface area (Å²) in [5.41, 5.74) is 3.95. The summed E-state index contributed by atoms with van der Waals surface area (Å²) in [6.07, 6.45) is 14.6. The summed E-state index contributed by atoms with van der Waals surface area (Å²) < 4.78 is 8.30. The summed E-state index contributed by atoms with van der Waals surface area (Å²) in [7, 11) is 0. The zero-order valence-corrected chi connectivity index (χ0v) is 23.5. The van der Waals surface area contributed by atoms with Crippen LogP contribution in [-0.4, -0.2) is 27.2 Å². The number of aromatic nitrogens is 3. The zero-order valence-electron chi connectivity index (χ0n) is 23.5. The third-order valence-corrected chi connectivity index (χ3v) is 5.93. The Bertz CT molecular complexity index is 738. The van der Waals surface area contributed by atoms with Crippen LogP contribution in [0.4, 0.5) is 0 Å². The Hall–Kier alpha value is -1.42.